The number of hydrogen-bond acceptors (Lipinski definition) is 9. The number of amides is 2. The van der Waals surface area contributed by atoms with Gasteiger partial charge in [-0.15, -0.1) is 0 Å². The molecule has 1 fully saturated rings. The summed E-state index contributed by atoms with van der Waals surface area (Å²) in [5.41, 5.74) is 5.94. The lowest BCUT2D eigenvalue weighted by Gasteiger charge is -2.42. The minimum atomic E-state index is -1.17. The summed E-state index contributed by atoms with van der Waals surface area (Å²) >= 11 is 0. The Hall–Kier alpha value is -2.86. The van der Waals surface area contributed by atoms with Crippen LogP contribution in [0.4, 0.5) is 0 Å². The van der Waals surface area contributed by atoms with Gasteiger partial charge < -0.3 is 35.5 Å². The Labute approximate surface area is 269 Å². The van der Waals surface area contributed by atoms with Crippen LogP contribution in [-0.4, -0.2) is 99.3 Å². The van der Waals surface area contributed by atoms with Crippen LogP contribution in [0.5, 0.6) is 0 Å². The van der Waals surface area contributed by atoms with E-state index in [1.54, 1.807) is 26.0 Å². The first-order chi connectivity index (χ1) is 21.3. The lowest BCUT2D eigenvalue weighted by molar-refractivity contribution is -0.149. The molecule has 0 saturated carbocycles. The van der Waals surface area contributed by atoms with E-state index in [9.17, 15) is 19.2 Å². The summed E-state index contributed by atoms with van der Waals surface area (Å²) < 4.78 is 16.9. The number of rotatable bonds is 18. The topological polar surface area (TPSA) is 149 Å². The van der Waals surface area contributed by atoms with Gasteiger partial charge in [-0.05, 0) is 36.8 Å². The van der Waals surface area contributed by atoms with E-state index < -0.39 is 53.7 Å². The van der Waals surface area contributed by atoms with Gasteiger partial charge in [-0.1, -0.05) is 71.4 Å². The van der Waals surface area contributed by atoms with Gasteiger partial charge in [0, 0.05) is 34.1 Å². The number of carbonyl (C=O) groups excluding carboxylic acids is 4. The van der Waals surface area contributed by atoms with Crippen molar-refractivity contribution >= 4 is 23.6 Å². The molecule has 1 aromatic carbocycles. The van der Waals surface area contributed by atoms with E-state index in [1.807, 2.05) is 58.0 Å². The van der Waals surface area contributed by atoms with Crippen molar-refractivity contribution < 1.29 is 33.4 Å². The molecule has 11 nitrogen and oxygen atoms in total. The molecule has 8 atom stereocenters. The van der Waals surface area contributed by atoms with E-state index in [2.05, 4.69) is 10.6 Å². The lowest BCUT2D eigenvalue weighted by Crippen LogP contribution is -2.63. The van der Waals surface area contributed by atoms with Crippen LogP contribution in [0.3, 0.4) is 0 Å². The number of benzene rings is 1. The fourth-order valence-electron chi connectivity index (χ4n) is 6.48. The van der Waals surface area contributed by atoms with Crippen molar-refractivity contribution in [3.8, 4) is 0 Å². The Morgan fingerprint density at radius 3 is 2.18 bits per heavy atom. The first kappa shape index (κ1) is 38.3. The first-order valence-electron chi connectivity index (χ1n) is 16.1. The highest BCUT2D eigenvalue weighted by molar-refractivity contribution is 5.92. The molecule has 4 N–H and O–H groups in total. The van der Waals surface area contributed by atoms with Crippen molar-refractivity contribution in [2.75, 3.05) is 34.9 Å². The van der Waals surface area contributed by atoms with Crippen molar-refractivity contribution in [2.45, 2.75) is 103 Å². The van der Waals surface area contributed by atoms with Crippen molar-refractivity contribution in [2.24, 2.45) is 23.5 Å². The van der Waals surface area contributed by atoms with Crippen LogP contribution in [-0.2, 0) is 39.8 Å². The summed E-state index contributed by atoms with van der Waals surface area (Å²) in [6, 6.07) is 7.36. The second kappa shape index (κ2) is 17.7. The molecule has 1 heterocycles. The van der Waals surface area contributed by atoms with Gasteiger partial charge in [0.15, 0.2) is 5.78 Å². The molecule has 1 aliphatic rings. The SMILES string of the molecule is CC[C@H](C)[C@@H]([C@@H](CC(=O)[C@@]1([C@H](OC)[C@@H](C)C(=O)N[C@@H](Cc2ccccc2)C(=O)OC)CCCN1)OC)N(C)C(=O)[C@@H](N)C(C)C. The van der Waals surface area contributed by atoms with E-state index in [-0.39, 0.29) is 36.4 Å². The number of methoxy groups -OCH3 is 3. The third-order valence-electron chi connectivity index (χ3n) is 9.47. The second-order valence-corrected chi connectivity index (χ2v) is 12.7. The summed E-state index contributed by atoms with van der Waals surface area (Å²) in [4.78, 5) is 55.6. The summed E-state index contributed by atoms with van der Waals surface area (Å²) in [5.74, 6) is -2.18. The number of nitrogens with zero attached hydrogens (tertiary/aromatic N) is 1. The number of likely N-dealkylation sites (N-methyl/N-ethyl adjacent to an activating group) is 1. The Kier molecular flexibility index (Phi) is 15.1. The highest BCUT2D eigenvalue weighted by Gasteiger charge is 2.52. The maximum Gasteiger partial charge on any atom is 0.328 e. The summed E-state index contributed by atoms with van der Waals surface area (Å²) in [6.45, 7) is 10.1. The van der Waals surface area contributed by atoms with Crippen LogP contribution in [0.1, 0.15) is 65.9 Å². The van der Waals surface area contributed by atoms with E-state index in [1.165, 1.54) is 14.2 Å². The van der Waals surface area contributed by atoms with Gasteiger partial charge in [-0.25, -0.2) is 4.79 Å². The first-order valence-corrected chi connectivity index (χ1v) is 16.1. The van der Waals surface area contributed by atoms with Crippen LogP contribution in [0.2, 0.25) is 0 Å². The summed E-state index contributed by atoms with van der Waals surface area (Å²) in [6.07, 6.45) is 0.743. The average molecular weight is 633 g/mol. The van der Waals surface area contributed by atoms with E-state index in [0.29, 0.717) is 19.4 Å². The predicted octanol–water partition coefficient (Wildman–Crippen LogP) is 2.49. The van der Waals surface area contributed by atoms with E-state index in [0.717, 1.165) is 12.0 Å². The number of nitrogens with one attached hydrogen (secondary N) is 2. The van der Waals surface area contributed by atoms with Crippen LogP contribution in [0, 0.1) is 17.8 Å². The Morgan fingerprint density at radius 2 is 1.69 bits per heavy atom. The molecule has 1 aromatic rings. The van der Waals surface area contributed by atoms with Crippen molar-refractivity contribution in [3.05, 3.63) is 35.9 Å². The Balaban J connectivity index is 2.35. The summed E-state index contributed by atoms with van der Waals surface area (Å²) in [7, 11) is 6.04. The fraction of sp³-hybridized carbons (Fsp3) is 0.706. The molecule has 0 aliphatic carbocycles. The Morgan fingerprint density at radius 1 is 1.04 bits per heavy atom. The Bertz CT molecular complexity index is 1110. The number of ketones is 1. The average Bonchev–Trinajstić information content (AvgIpc) is 3.54. The van der Waals surface area contributed by atoms with Crippen molar-refractivity contribution in [1.82, 2.24) is 15.5 Å². The highest BCUT2D eigenvalue weighted by Crippen LogP contribution is 2.34. The van der Waals surface area contributed by atoms with Crippen molar-refractivity contribution in [1.29, 1.82) is 0 Å². The smallest absolute Gasteiger partial charge is 0.328 e. The fourth-order valence-corrected chi connectivity index (χ4v) is 6.48. The third-order valence-corrected chi connectivity index (χ3v) is 9.47. The van der Waals surface area contributed by atoms with Crippen LogP contribution in [0.15, 0.2) is 30.3 Å². The molecule has 0 spiro atoms. The molecule has 1 saturated heterocycles. The van der Waals surface area contributed by atoms with Crippen molar-refractivity contribution in [3.63, 3.8) is 0 Å². The zero-order valence-corrected chi connectivity index (χ0v) is 28.6. The minimum Gasteiger partial charge on any atom is -0.467 e. The molecule has 2 amide bonds. The van der Waals surface area contributed by atoms with Crippen LogP contribution < -0.4 is 16.4 Å². The van der Waals surface area contributed by atoms with Gasteiger partial charge in [0.2, 0.25) is 11.8 Å². The zero-order chi connectivity index (χ0) is 33.9. The lowest BCUT2D eigenvalue weighted by atomic mass is 9.76. The van der Waals surface area contributed by atoms with Crippen LogP contribution >= 0.6 is 0 Å². The van der Waals surface area contributed by atoms with Gasteiger partial charge in [0.1, 0.15) is 11.6 Å². The third kappa shape index (κ3) is 9.34. The molecule has 1 aliphatic heterocycles. The van der Waals surface area contributed by atoms with Gasteiger partial charge in [-0.3, -0.25) is 14.4 Å². The normalized spacial score (nSPS) is 21.2. The number of esters is 1. The molecule has 2 rings (SSSR count). The maximum atomic E-state index is 14.4. The van der Waals surface area contributed by atoms with Gasteiger partial charge in [0.25, 0.3) is 0 Å². The number of ether oxygens (including phenoxy) is 3. The second-order valence-electron chi connectivity index (χ2n) is 12.7. The standard InChI is InChI=1S/C34H56N4O7/c1-10-22(4)29(38(6)32(41)28(35)21(2)3)26(43-7)20-27(39)34(17-14-18-36-34)30(44-8)23(5)31(40)37-25(33(42)45-9)19-24-15-12-11-13-16-24/h11-13,15-16,21-23,25-26,28-30,36H,10,14,17-20,35H2,1-9H3,(H,37,40)/t22-,23+,25-,26+,28-,29-,30+,34+/m0/s1. The number of carbonyl (C=O) groups is 4. The predicted molar refractivity (Wildman–Crippen MR) is 173 cm³/mol. The molecular formula is C34H56N4O7. The zero-order valence-electron chi connectivity index (χ0n) is 28.6. The quantitative estimate of drug-likeness (QED) is 0.208. The van der Waals surface area contributed by atoms with E-state index >= 15 is 0 Å². The molecule has 0 radical (unpaired) electrons. The monoisotopic (exact) mass is 632 g/mol. The molecule has 0 aromatic heterocycles. The molecule has 11 heteroatoms. The summed E-state index contributed by atoms with van der Waals surface area (Å²) in [5, 5.41) is 6.22. The van der Waals surface area contributed by atoms with Gasteiger partial charge >= 0.3 is 5.97 Å². The van der Waals surface area contributed by atoms with Gasteiger partial charge in [0.05, 0.1) is 37.3 Å². The molecular weight excluding hydrogens is 576 g/mol. The number of hydrogen-bond donors (Lipinski definition) is 3. The van der Waals surface area contributed by atoms with Crippen LogP contribution in [0.25, 0.3) is 0 Å². The minimum absolute atomic E-state index is 0.0000349. The number of nitrogens with two attached hydrogens (primary N) is 1. The molecule has 254 valence electrons. The maximum absolute atomic E-state index is 14.4. The van der Waals surface area contributed by atoms with E-state index in [4.69, 9.17) is 19.9 Å². The largest absolute Gasteiger partial charge is 0.467 e. The van der Waals surface area contributed by atoms with Gasteiger partial charge in [-0.2, -0.15) is 0 Å². The molecule has 0 unspecified atom stereocenters. The highest BCUT2D eigenvalue weighted by atomic mass is 16.5. The molecule has 0 bridgehead atoms. The number of Topliss-reactive ketones (excluding diaryl/α,β-unsaturated/α-hetero) is 1. The molecule has 45 heavy (non-hydrogen) atoms.